The number of nitrogen functional groups attached to an aromatic ring is 1. The SMILES string of the molecule is CN(C)C(=O)CCCOC(=O)c1cc(N)cn1C1CC1. The minimum Gasteiger partial charge on any atom is -0.461 e. The Hall–Kier alpha value is -1.98. The summed E-state index contributed by atoms with van der Waals surface area (Å²) in [5, 5.41) is 0. The molecule has 0 unspecified atom stereocenters. The predicted molar refractivity (Wildman–Crippen MR) is 75.3 cm³/mol. The number of aromatic nitrogens is 1. The monoisotopic (exact) mass is 279 g/mol. The van der Waals surface area contributed by atoms with Crippen molar-refractivity contribution in [2.45, 2.75) is 31.7 Å². The summed E-state index contributed by atoms with van der Waals surface area (Å²) in [6.45, 7) is 0.244. The van der Waals surface area contributed by atoms with E-state index in [1.54, 1.807) is 26.4 Å². The van der Waals surface area contributed by atoms with Crippen LogP contribution in [-0.4, -0.2) is 42.0 Å². The highest BCUT2D eigenvalue weighted by Crippen LogP contribution is 2.37. The van der Waals surface area contributed by atoms with Gasteiger partial charge < -0.3 is 19.9 Å². The first kappa shape index (κ1) is 14.4. The molecular weight excluding hydrogens is 258 g/mol. The van der Waals surface area contributed by atoms with Crippen LogP contribution in [0.3, 0.4) is 0 Å². The van der Waals surface area contributed by atoms with E-state index in [9.17, 15) is 9.59 Å². The molecular formula is C14H21N3O3. The Bertz CT molecular complexity index is 504. The van der Waals surface area contributed by atoms with Crippen molar-refractivity contribution >= 4 is 17.6 Å². The molecule has 6 nitrogen and oxygen atoms in total. The molecule has 1 fully saturated rings. The fourth-order valence-electron chi connectivity index (χ4n) is 2.00. The molecule has 1 amide bonds. The number of nitrogens with two attached hydrogens (primary N) is 1. The third-order valence-corrected chi connectivity index (χ3v) is 3.29. The first-order valence-electron chi connectivity index (χ1n) is 6.83. The van der Waals surface area contributed by atoms with E-state index in [0.29, 0.717) is 30.3 Å². The van der Waals surface area contributed by atoms with Crippen molar-refractivity contribution in [3.05, 3.63) is 18.0 Å². The largest absolute Gasteiger partial charge is 0.461 e. The molecule has 0 aliphatic heterocycles. The smallest absolute Gasteiger partial charge is 0.355 e. The second kappa shape index (κ2) is 5.98. The number of anilines is 1. The minimum absolute atomic E-state index is 0.0339. The van der Waals surface area contributed by atoms with Gasteiger partial charge >= 0.3 is 5.97 Å². The highest BCUT2D eigenvalue weighted by Gasteiger charge is 2.28. The number of hydrogen-bond donors (Lipinski definition) is 1. The summed E-state index contributed by atoms with van der Waals surface area (Å²) in [5.74, 6) is -0.336. The zero-order valence-corrected chi connectivity index (χ0v) is 12.0. The Balaban J connectivity index is 1.82. The van der Waals surface area contributed by atoms with Gasteiger partial charge in [0.05, 0.1) is 12.3 Å². The van der Waals surface area contributed by atoms with Gasteiger partial charge in [0.25, 0.3) is 0 Å². The lowest BCUT2D eigenvalue weighted by atomic mass is 10.3. The number of ether oxygens (including phenoxy) is 1. The quantitative estimate of drug-likeness (QED) is 0.631. The van der Waals surface area contributed by atoms with E-state index < -0.39 is 0 Å². The summed E-state index contributed by atoms with van der Waals surface area (Å²) < 4.78 is 7.10. The van der Waals surface area contributed by atoms with Gasteiger partial charge in [0.2, 0.25) is 5.91 Å². The Morgan fingerprint density at radius 1 is 1.45 bits per heavy atom. The van der Waals surface area contributed by atoms with Crippen molar-refractivity contribution in [1.29, 1.82) is 0 Å². The summed E-state index contributed by atoms with van der Waals surface area (Å²) in [4.78, 5) is 24.9. The van der Waals surface area contributed by atoms with Crippen LogP contribution in [0.1, 0.15) is 42.2 Å². The zero-order chi connectivity index (χ0) is 14.7. The van der Waals surface area contributed by atoms with Crippen LogP contribution in [0.25, 0.3) is 0 Å². The van der Waals surface area contributed by atoms with Crippen LogP contribution < -0.4 is 5.73 Å². The molecule has 0 aromatic carbocycles. The molecule has 110 valence electrons. The van der Waals surface area contributed by atoms with Crippen LogP contribution in [0.4, 0.5) is 5.69 Å². The standard InChI is InChI=1S/C14H21N3O3/c1-16(2)13(18)4-3-7-20-14(19)12-8-10(15)9-17(12)11-5-6-11/h8-9,11H,3-7,15H2,1-2H3. The van der Waals surface area contributed by atoms with Crippen LogP contribution in [0.2, 0.25) is 0 Å². The van der Waals surface area contributed by atoms with Gasteiger partial charge in [-0.3, -0.25) is 4.79 Å². The molecule has 2 N–H and O–H groups in total. The number of hydrogen-bond acceptors (Lipinski definition) is 4. The van der Waals surface area contributed by atoms with Crippen molar-refractivity contribution in [2.24, 2.45) is 0 Å². The molecule has 1 aromatic rings. The molecule has 0 atom stereocenters. The second-order valence-electron chi connectivity index (χ2n) is 5.32. The molecule has 0 saturated heterocycles. The van der Waals surface area contributed by atoms with Gasteiger partial charge in [-0.2, -0.15) is 0 Å². The Morgan fingerprint density at radius 3 is 2.75 bits per heavy atom. The van der Waals surface area contributed by atoms with Gasteiger partial charge in [-0.25, -0.2) is 4.79 Å². The Kier molecular flexibility index (Phi) is 4.32. The molecule has 0 spiro atoms. The van der Waals surface area contributed by atoms with E-state index >= 15 is 0 Å². The fraction of sp³-hybridized carbons (Fsp3) is 0.571. The third kappa shape index (κ3) is 3.53. The topological polar surface area (TPSA) is 77.6 Å². The number of amides is 1. The number of esters is 1. The van der Waals surface area contributed by atoms with E-state index in [1.807, 2.05) is 4.57 Å². The van der Waals surface area contributed by atoms with Crippen LogP contribution in [-0.2, 0) is 9.53 Å². The van der Waals surface area contributed by atoms with E-state index in [0.717, 1.165) is 12.8 Å². The van der Waals surface area contributed by atoms with Crippen LogP contribution >= 0.6 is 0 Å². The van der Waals surface area contributed by atoms with Crippen LogP contribution in [0.5, 0.6) is 0 Å². The summed E-state index contributed by atoms with van der Waals surface area (Å²) in [6.07, 6.45) is 4.84. The average molecular weight is 279 g/mol. The lowest BCUT2D eigenvalue weighted by molar-refractivity contribution is -0.128. The molecule has 20 heavy (non-hydrogen) atoms. The molecule has 0 bridgehead atoms. The van der Waals surface area contributed by atoms with Crippen molar-refractivity contribution in [3.63, 3.8) is 0 Å². The second-order valence-corrected chi connectivity index (χ2v) is 5.32. The van der Waals surface area contributed by atoms with Gasteiger partial charge in [0.1, 0.15) is 5.69 Å². The number of carbonyl (C=O) groups excluding carboxylic acids is 2. The van der Waals surface area contributed by atoms with E-state index in [2.05, 4.69) is 0 Å². The third-order valence-electron chi connectivity index (χ3n) is 3.29. The number of nitrogens with zero attached hydrogens (tertiary/aromatic N) is 2. The van der Waals surface area contributed by atoms with Gasteiger partial charge in [-0.1, -0.05) is 0 Å². The maximum absolute atomic E-state index is 12.0. The zero-order valence-electron chi connectivity index (χ0n) is 12.0. The molecule has 1 saturated carbocycles. The summed E-state index contributed by atoms with van der Waals surface area (Å²) >= 11 is 0. The van der Waals surface area contributed by atoms with Gasteiger partial charge in [0, 0.05) is 32.8 Å². The van der Waals surface area contributed by atoms with E-state index in [1.165, 1.54) is 4.90 Å². The van der Waals surface area contributed by atoms with Crippen LogP contribution in [0.15, 0.2) is 12.3 Å². The van der Waals surface area contributed by atoms with Gasteiger partial charge in [-0.05, 0) is 25.3 Å². The van der Waals surface area contributed by atoms with Crippen molar-refractivity contribution < 1.29 is 14.3 Å². The summed E-state index contributed by atoms with van der Waals surface area (Å²) in [5.41, 5.74) is 6.81. The first-order valence-corrected chi connectivity index (χ1v) is 6.83. The fourth-order valence-corrected chi connectivity index (χ4v) is 2.00. The summed E-state index contributed by atoms with van der Waals surface area (Å²) in [7, 11) is 3.42. The number of carbonyl (C=O) groups is 2. The Labute approximate surface area is 118 Å². The van der Waals surface area contributed by atoms with Crippen molar-refractivity contribution in [3.8, 4) is 0 Å². The minimum atomic E-state index is -0.370. The molecule has 1 aliphatic rings. The van der Waals surface area contributed by atoms with Crippen molar-refractivity contribution in [1.82, 2.24) is 9.47 Å². The van der Waals surface area contributed by atoms with Gasteiger partial charge in [0.15, 0.2) is 0 Å². The maximum atomic E-state index is 12.0. The molecule has 2 rings (SSSR count). The Morgan fingerprint density at radius 2 is 2.15 bits per heavy atom. The molecule has 6 heteroatoms. The maximum Gasteiger partial charge on any atom is 0.355 e. The number of rotatable bonds is 6. The molecule has 1 aliphatic carbocycles. The average Bonchev–Trinajstić information content (AvgIpc) is 3.16. The highest BCUT2D eigenvalue weighted by atomic mass is 16.5. The normalized spacial score (nSPS) is 14.1. The first-order chi connectivity index (χ1) is 9.49. The van der Waals surface area contributed by atoms with E-state index in [4.69, 9.17) is 10.5 Å². The van der Waals surface area contributed by atoms with Gasteiger partial charge in [-0.15, -0.1) is 0 Å². The lowest BCUT2D eigenvalue weighted by Gasteiger charge is -2.10. The molecule has 1 heterocycles. The molecule has 1 aromatic heterocycles. The summed E-state index contributed by atoms with van der Waals surface area (Å²) in [6, 6.07) is 2.02. The molecule has 0 radical (unpaired) electrons. The predicted octanol–water partition coefficient (Wildman–Crippen LogP) is 1.43. The lowest BCUT2D eigenvalue weighted by Crippen LogP contribution is -2.22. The van der Waals surface area contributed by atoms with Crippen molar-refractivity contribution in [2.75, 3.05) is 26.4 Å². The van der Waals surface area contributed by atoms with Crippen LogP contribution in [0, 0.1) is 0 Å². The van der Waals surface area contributed by atoms with E-state index in [-0.39, 0.29) is 18.5 Å². The highest BCUT2D eigenvalue weighted by molar-refractivity contribution is 5.89.